The van der Waals surface area contributed by atoms with E-state index in [1.54, 1.807) is 0 Å². The van der Waals surface area contributed by atoms with E-state index < -0.39 is 0 Å². The van der Waals surface area contributed by atoms with Crippen LogP contribution in [0, 0.1) is 5.41 Å². The van der Waals surface area contributed by atoms with Crippen LogP contribution in [0.4, 0.5) is 0 Å². The molecule has 0 amide bonds. The molecule has 2 aliphatic carbocycles. The predicted octanol–water partition coefficient (Wildman–Crippen LogP) is 2.44. The number of ether oxygens (including phenoxy) is 1. The average molecular weight is 195 g/mol. The van der Waals surface area contributed by atoms with Gasteiger partial charge in [-0.05, 0) is 43.9 Å². The smallest absolute Gasteiger partial charge is 0.121 e. The maximum absolute atomic E-state index is 6.36. The summed E-state index contributed by atoms with van der Waals surface area (Å²) < 4.78 is 6.36. The van der Waals surface area contributed by atoms with Crippen LogP contribution in [0.1, 0.15) is 52.4 Å². The lowest BCUT2D eigenvalue weighted by Crippen LogP contribution is -2.68. The summed E-state index contributed by atoms with van der Waals surface area (Å²) in [4.78, 5) is 0. The second-order valence-electron chi connectivity index (χ2n) is 6.33. The standard InChI is InChI=1S/C12H21NO/c1-10(2)8-12(9-10)13-7-6-11(14-12)4-3-5-11/h13H,3-9H2,1-2H3. The lowest BCUT2D eigenvalue weighted by atomic mass is 9.63. The molecule has 0 unspecified atom stereocenters. The lowest BCUT2D eigenvalue weighted by Gasteiger charge is -2.61. The van der Waals surface area contributed by atoms with Crippen LogP contribution >= 0.6 is 0 Å². The summed E-state index contributed by atoms with van der Waals surface area (Å²) in [5.74, 6) is 0. The first-order valence-electron chi connectivity index (χ1n) is 5.99. The molecule has 2 heteroatoms. The molecular formula is C12H21NO. The van der Waals surface area contributed by atoms with Crippen molar-refractivity contribution in [3.05, 3.63) is 0 Å². The number of hydrogen-bond donors (Lipinski definition) is 1. The zero-order valence-electron chi connectivity index (χ0n) is 9.36. The largest absolute Gasteiger partial charge is 0.354 e. The second kappa shape index (κ2) is 2.53. The fourth-order valence-electron chi connectivity index (χ4n) is 3.63. The first-order valence-corrected chi connectivity index (χ1v) is 5.99. The number of hydrogen-bond acceptors (Lipinski definition) is 2. The van der Waals surface area contributed by atoms with Crippen molar-refractivity contribution < 1.29 is 4.74 Å². The van der Waals surface area contributed by atoms with Gasteiger partial charge in [-0.15, -0.1) is 0 Å². The minimum Gasteiger partial charge on any atom is -0.354 e. The van der Waals surface area contributed by atoms with Gasteiger partial charge in [0.2, 0.25) is 0 Å². The highest BCUT2D eigenvalue weighted by Gasteiger charge is 2.57. The molecule has 3 fully saturated rings. The van der Waals surface area contributed by atoms with Crippen LogP contribution in [0.25, 0.3) is 0 Å². The molecule has 0 bridgehead atoms. The fraction of sp³-hybridized carbons (Fsp3) is 1.00. The van der Waals surface area contributed by atoms with E-state index >= 15 is 0 Å². The van der Waals surface area contributed by atoms with E-state index in [0.717, 1.165) is 6.54 Å². The molecule has 3 aliphatic rings. The SMILES string of the molecule is CC1(C)CC2(C1)NCCC1(CCC1)O2. The molecule has 2 spiro atoms. The van der Waals surface area contributed by atoms with Gasteiger partial charge in [-0.25, -0.2) is 0 Å². The Morgan fingerprint density at radius 3 is 2.29 bits per heavy atom. The molecular weight excluding hydrogens is 174 g/mol. The predicted molar refractivity (Wildman–Crippen MR) is 56.0 cm³/mol. The van der Waals surface area contributed by atoms with Gasteiger partial charge in [0, 0.05) is 6.54 Å². The van der Waals surface area contributed by atoms with Gasteiger partial charge in [0.25, 0.3) is 0 Å². The molecule has 1 N–H and O–H groups in total. The number of rotatable bonds is 0. The molecule has 14 heavy (non-hydrogen) atoms. The van der Waals surface area contributed by atoms with Gasteiger partial charge in [-0.3, -0.25) is 5.32 Å². The van der Waals surface area contributed by atoms with E-state index in [9.17, 15) is 0 Å². The Balaban J connectivity index is 1.71. The quantitative estimate of drug-likeness (QED) is 0.641. The van der Waals surface area contributed by atoms with Gasteiger partial charge >= 0.3 is 0 Å². The van der Waals surface area contributed by atoms with Gasteiger partial charge in [0.15, 0.2) is 0 Å². The summed E-state index contributed by atoms with van der Waals surface area (Å²) in [6.07, 6.45) is 7.60. The van der Waals surface area contributed by atoms with Crippen LogP contribution in [0.3, 0.4) is 0 Å². The maximum atomic E-state index is 6.36. The van der Waals surface area contributed by atoms with Crippen molar-refractivity contribution in [3.63, 3.8) is 0 Å². The fourth-order valence-corrected chi connectivity index (χ4v) is 3.63. The van der Waals surface area contributed by atoms with Crippen molar-refractivity contribution in [2.75, 3.05) is 6.54 Å². The van der Waals surface area contributed by atoms with Gasteiger partial charge in [-0.1, -0.05) is 13.8 Å². The first kappa shape index (κ1) is 9.17. The molecule has 1 heterocycles. The Kier molecular flexibility index (Phi) is 1.66. The van der Waals surface area contributed by atoms with Crippen molar-refractivity contribution in [2.24, 2.45) is 5.41 Å². The van der Waals surface area contributed by atoms with Gasteiger partial charge in [0.05, 0.1) is 5.60 Å². The molecule has 3 rings (SSSR count). The molecule has 0 atom stereocenters. The van der Waals surface area contributed by atoms with Crippen LogP contribution < -0.4 is 5.32 Å². The van der Waals surface area contributed by atoms with Crippen LogP contribution in [-0.2, 0) is 4.74 Å². The second-order valence-corrected chi connectivity index (χ2v) is 6.33. The minimum absolute atomic E-state index is 0.0716. The maximum Gasteiger partial charge on any atom is 0.121 e. The molecule has 2 saturated carbocycles. The highest BCUT2D eigenvalue weighted by Crippen LogP contribution is 2.54. The van der Waals surface area contributed by atoms with E-state index in [1.165, 1.54) is 38.5 Å². The normalized spacial score (nSPS) is 36.4. The Hall–Kier alpha value is -0.0800. The summed E-state index contributed by atoms with van der Waals surface area (Å²) in [6.45, 7) is 5.84. The Morgan fingerprint density at radius 1 is 1.07 bits per heavy atom. The molecule has 0 aromatic rings. The molecule has 0 radical (unpaired) electrons. The van der Waals surface area contributed by atoms with Crippen LogP contribution in [0.5, 0.6) is 0 Å². The third kappa shape index (κ3) is 1.24. The molecule has 2 nitrogen and oxygen atoms in total. The Labute approximate surface area is 86.4 Å². The Morgan fingerprint density at radius 2 is 1.79 bits per heavy atom. The van der Waals surface area contributed by atoms with Crippen molar-refractivity contribution in [1.82, 2.24) is 5.32 Å². The Bertz CT molecular complexity index is 247. The summed E-state index contributed by atoms with van der Waals surface area (Å²) in [5, 5.41) is 3.59. The molecule has 0 aromatic heterocycles. The zero-order valence-corrected chi connectivity index (χ0v) is 9.36. The summed E-state index contributed by atoms with van der Waals surface area (Å²) in [6, 6.07) is 0. The summed E-state index contributed by atoms with van der Waals surface area (Å²) in [5.41, 5.74) is 0.860. The van der Waals surface area contributed by atoms with E-state index in [2.05, 4.69) is 19.2 Å². The van der Waals surface area contributed by atoms with Gasteiger partial charge < -0.3 is 4.74 Å². The summed E-state index contributed by atoms with van der Waals surface area (Å²) in [7, 11) is 0. The van der Waals surface area contributed by atoms with Crippen molar-refractivity contribution >= 4 is 0 Å². The van der Waals surface area contributed by atoms with Crippen LogP contribution in [0.2, 0.25) is 0 Å². The molecule has 80 valence electrons. The average Bonchev–Trinajstić information content (AvgIpc) is 1.98. The van der Waals surface area contributed by atoms with Crippen LogP contribution in [-0.4, -0.2) is 17.9 Å². The number of nitrogens with one attached hydrogen (secondary N) is 1. The molecule has 0 aromatic carbocycles. The first-order chi connectivity index (χ1) is 6.54. The zero-order chi connectivity index (χ0) is 9.86. The lowest BCUT2D eigenvalue weighted by molar-refractivity contribution is -0.285. The monoisotopic (exact) mass is 195 g/mol. The topological polar surface area (TPSA) is 21.3 Å². The van der Waals surface area contributed by atoms with Crippen molar-refractivity contribution in [2.45, 2.75) is 63.7 Å². The van der Waals surface area contributed by atoms with E-state index in [0.29, 0.717) is 11.0 Å². The molecule has 1 aliphatic heterocycles. The summed E-state index contributed by atoms with van der Waals surface area (Å²) >= 11 is 0. The highest BCUT2D eigenvalue weighted by molar-refractivity contribution is 5.06. The van der Waals surface area contributed by atoms with Crippen molar-refractivity contribution in [1.29, 1.82) is 0 Å². The van der Waals surface area contributed by atoms with Gasteiger partial charge in [0.1, 0.15) is 5.72 Å². The van der Waals surface area contributed by atoms with Crippen LogP contribution in [0.15, 0.2) is 0 Å². The third-order valence-corrected chi connectivity index (χ3v) is 4.23. The van der Waals surface area contributed by atoms with E-state index in [1.807, 2.05) is 0 Å². The third-order valence-electron chi connectivity index (χ3n) is 4.23. The van der Waals surface area contributed by atoms with E-state index in [4.69, 9.17) is 4.74 Å². The molecule has 1 saturated heterocycles. The van der Waals surface area contributed by atoms with E-state index in [-0.39, 0.29) is 5.72 Å². The van der Waals surface area contributed by atoms with Gasteiger partial charge in [-0.2, -0.15) is 0 Å². The highest BCUT2D eigenvalue weighted by atomic mass is 16.5. The van der Waals surface area contributed by atoms with Crippen molar-refractivity contribution in [3.8, 4) is 0 Å². The minimum atomic E-state index is 0.0716.